The number of fused-ring (bicyclic) bond motifs is 2. The van der Waals surface area contributed by atoms with Crippen molar-refractivity contribution in [2.24, 2.45) is 0 Å². The first-order valence-corrected chi connectivity index (χ1v) is 10.0. The van der Waals surface area contributed by atoms with Crippen LogP contribution in [-0.4, -0.2) is 20.9 Å². The van der Waals surface area contributed by atoms with Gasteiger partial charge in [0.2, 0.25) is 5.76 Å². The fourth-order valence-electron chi connectivity index (χ4n) is 4.37. The van der Waals surface area contributed by atoms with Crippen molar-refractivity contribution in [1.29, 1.82) is 0 Å². The number of carbonyl (C=O) groups excluding carboxylic acids is 1. The SMILES string of the molecule is Cc1cc(C)c2oc3c(c(=O)c2c1)[C@@H](c1cccc(O)c1)N(Cc1cccnc1)C3=O. The minimum absolute atomic E-state index is 0.0571. The monoisotopic (exact) mass is 412 g/mol. The highest BCUT2D eigenvalue weighted by Crippen LogP contribution is 2.40. The maximum Gasteiger partial charge on any atom is 0.291 e. The zero-order valence-electron chi connectivity index (χ0n) is 17.1. The van der Waals surface area contributed by atoms with Crippen LogP contribution in [0.5, 0.6) is 5.75 Å². The van der Waals surface area contributed by atoms with E-state index in [0.717, 1.165) is 16.7 Å². The molecule has 1 amide bonds. The zero-order valence-corrected chi connectivity index (χ0v) is 17.1. The van der Waals surface area contributed by atoms with Crippen LogP contribution in [0.1, 0.15) is 44.4 Å². The Morgan fingerprint density at radius 2 is 1.94 bits per heavy atom. The largest absolute Gasteiger partial charge is 0.508 e. The molecular formula is C25H20N2O4. The van der Waals surface area contributed by atoms with E-state index in [2.05, 4.69) is 4.98 Å². The number of benzene rings is 2. The summed E-state index contributed by atoms with van der Waals surface area (Å²) in [6.45, 7) is 4.04. The van der Waals surface area contributed by atoms with Crippen molar-refractivity contribution in [3.8, 4) is 5.75 Å². The van der Waals surface area contributed by atoms with E-state index in [9.17, 15) is 14.7 Å². The molecule has 1 aliphatic rings. The van der Waals surface area contributed by atoms with Gasteiger partial charge in [0.25, 0.3) is 5.91 Å². The molecule has 0 aliphatic carbocycles. The number of phenols is 1. The summed E-state index contributed by atoms with van der Waals surface area (Å²) in [5, 5.41) is 10.5. The number of pyridine rings is 1. The topological polar surface area (TPSA) is 83.6 Å². The Morgan fingerprint density at radius 1 is 1.10 bits per heavy atom. The lowest BCUT2D eigenvalue weighted by Gasteiger charge is -2.25. The average Bonchev–Trinajstić information content (AvgIpc) is 3.02. The molecule has 1 N–H and O–H groups in total. The Kier molecular flexibility index (Phi) is 4.36. The third-order valence-electron chi connectivity index (χ3n) is 5.66. The van der Waals surface area contributed by atoms with Crippen LogP contribution in [0.15, 0.2) is 70.1 Å². The molecule has 154 valence electrons. The molecule has 4 aromatic rings. The van der Waals surface area contributed by atoms with Crippen LogP contribution in [0.25, 0.3) is 11.0 Å². The van der Waals surface area contributed by atoms with Gasteiger partial charge < -0.3 is 14.4 Å². The van der Waals surface area contributed by atoms with Gasteiger partial charge >= 0.3 is 0 Å². The molecule has 6 nitrogen and oxygen atoms in total. The standard InChI is InChI=1S/C25H20N2O4/c1-14-9-15(2)23-19(10-14)22(29)20-21(17-6-3-7-18(28)11-17)27(25(30)24(20)31-23)13-16-5-4-8-26-12-16/h3-12,21,28H,13H2,1-2H3/t21-/m1/s1. The van der Waals surface area contributed by atoms with Crippen LogP contribution in [0.3, 0.4) is 0 Å². The first-order chi connectivity index (χ1) is 14.9. The normalized spacial score (nSPS) is 15.5. The van der Waals surface area contributed by atoms with E-state index in [1.54, 1.807) is 53.7 Å². The second-order valence-electron chi connectivity index (χ2n) is 7.92. The van der Waals surface area contributed by atoms with Gasteiger partial charge in [0, 0.05) is 18.9 Å². The van der Waals surface area contributed by atoms with E-state index < -0.39 is 6.04 Å². The summed E-state index contributed by atoms with van der Waals surface area (Å²) >= 11 is 0. The number of rotatable bonds is 3. The van der Waals surface area contributed by atoms with Crippen LogP contribution >= 0.6 is 0 Å². The molecule has 31 heavy (non-hydrogen) atoms. The van der Waals surface area contributed by atoms with Gasteiger partial charge in [0.15, 0.2) is 5.43 Å². The van der Waals surface area contributed by atoms with Crippen LogP contribution in [0, 0.1) is 13.8 Å². The molecular weight excluding hydrogens is 392 g/mol. The number of amides is 1. The van der Waals surface area contributed by atoms with E-state index in [1.807, 2.05) is 26.0 Å². The van der Waals surface area contributed by atoms with Gasteiger partial charge in [-0.3, -0.25) is 14.6 Å². The van der Waals surface area contributed by atoms with Crippen LogP contribution in [0.2, 0.25) is 0 Å². The van der Waals surface area contributed by atoms with E-state index in [1.165, 1.54) is 0 Å². The van der Waals surface area contributed by atoms with Gasteiger partial charge in [-0.1, -0.05) is 24.3 Å². The fourth-order valence-corrected chi connectivity index (χ4v) is 4.37. The maximum absolute atomic E-state index is 13.6. The van der Waals surface area contributed by atoms with Crippen molar-refractivity contribution < 1.29 is 14.3 Å². The van der Waals surface area contributed by atoms with Crippen LogP contribution in [0.4, 0.5) is 0 Å². The Bertz CT molecular complexity index is 1390. The molecule has 0 bridgehead atoms. The van der Waals surface area contributed by atoms with Crippen molar-refractivity contribution in [2.45, 2.75) is 26.4 Å². The minimum Gasteiger partial charge on any atom is -0.508 e. The third kappa shape index (κ3) is 3.08. The number of carbonyl (C=O) groups is 1. The molecule has 2 aromatic carbocycles. The molecule has 0 spiro atoms. The van der Waals surface area contributed by atoms with Crippen molar-refractivity contribution in [2.75, 3.05) is 0 Å². The first kappa shape index (κ1) is 19.1. The van der Waals surface area contributed by atoms with E-state index in [4.69, 9.17) is 4.42 Å². The molecule has 2 aromatic heterocycles. The highest BCUT2D eigenvalue weighted by molar-refractivity contribution is 5.99. The lowest BCUT2D eigenvalue weighted by molar-refractivity contribution is 0.0714. The summed E-state index contributed by atoms with van der Waals surface area (Å²) in [4.78, 5) is 32.8. The lowest BCUT2D eigenvalue weighted by atomic mass is 9.97. The number of phenolic OH excluding ortho intramolecular Hbond substituents is 1. The number of aryl methyl sites for hydroxylation is 2. The van der Waals surface area contributed by atoms with Crippen LogP contribution < -0.4 is 5.43 Å². The first-order valence-electron chi connectivity index (χ1n) is 10.0. The van der Waals surface area contributed by atoms with Crippen LogP contribution in [-0.2, 0) is 6.54 Å². The zero-order chi connectivity index (χ0) is 21.7. The predicted octanol–water partition coefficient (Wildman–Crippen LogP) is 4.26. The smallest absolute Gasteiger partial charge is 0.291 e. The van der Waals surface area contributed by atoms with E-state index >= 15 is 0 Å². The number of nitrogens with zero attached hydrogens (tertiary/aromatic N) is 2. The predicted molar refractivity (Wildman–Crippen MR) is 116 cm³/mol. The summed E-state index contributed by atoms with van der Waals surface area (Å²) < 4.78 is 6.06. The summed E-state index contributed by atoms with van der Waals surface area (Å²) in [5.41, 5.74) is 3.74. The Hall–Kier alpha value is -3.93. The van der Waals surface area contributed by atoms with Gasteiger partial charge in [-0.15, -0.1) is 0 Å². The fraction of sp³-hybridized carbons (Fsp3) is 0.160. The summed E-state index contributed by atoms with van der Waals surface area (Å²) in [5.74, 6) is -0.232. The van der Waals surface area contributed by atoms with Gasteiger partial charge in [0.1, 0.15) is 11.3 Å². The molecule has 0 saturated heterocycles. The minimum atomic E-state index is -0.670. The van der Waals surface area contributed by atoms with Gasteiger partial charge in [-0.25, -0.2) is 0 Å². The highest BCUT2D eigenvalue weighted by atomic mass is 16.3. The Labute approximate surface area is 178 Å². The Balaban J connectivity index is 1.77. The number of hydrogen-bond acceptors (Lipinski definition) is 5. The second kappa shape index (κ2) is 7.09. The van der Waals surface area contributed by atoms with Gasteiger partial charge in [-0.2, -0.15) is 0 Å². The summed E-state index contributed by atoms with van der Waals surface area (Å²) in [7, 11) is 0. The van der Waals surface area contributed by atoms with Crippen molar-refractivity contribution in [3.05, 3.63) is 105 Å². The third-order valence-corrected chi connectivity index (χ3v) is 5.66. The van der Waals surface area contributed by atoms with Gasteiger partial charge in [0.05, 0.1) is 17.0 Å². The molecule has 0 radical (unpaired) electrons. The average molecular weight is 412 g/mol. The highest BCUT2D eigenvalue weighted by Gasteiger charge is 2.43. The Morgan fingerprint density at radius 3 is 2.68 bits per heavy atom. The molecule has 3 heterocycles. The number of hydrogen-bond donors (Lipinski definition) is 1. The maximum atomic E-state index is 13.6. The van der Waals surface area contributed by atoms with Crippen molar-refractivity contribution >= 4 is 16.9 Å². The van der Waals surface area contributed by atoms with Gasteiger partial charge in [-0.05, 0) is 60.4 Å². The van der Waals surface area contributed by atoms with Crippen molar-refractivity contribution in [3.63, 3.8) is 0 Å². The lowest BCUT2D eigenvalue weighted by Crippen LogP contribution is -2.29. The quantitative estimate of drug-likeness (QED) is 0.544. The summed E-state index contributed by atoms with van der Waals surface area (Å²) in [6.07, 6.45) is 3.36. The number of aromatic nitrogens is 1. The van der Waals surface area contributed by atoms with Crippen molar-refractivity contribution in [1.82, 2.24) is 9.88 Å². The summed E-state index contributed by atoms with van der Waals surface area (Å²) in [6, 6.07) is 13.4. The molecule has 6 heteroatoms. The second-order valence-corrected chi connectivity index (χ2v) is 7.92. The molecule has 0 saturated carbocycles. The molecule has 0 unspecified atom stereocenters. The molecule has 1 atom stereocenters. The molecule has 1 aliphatic heterocycles. The van der Waals surface area contributed by atoms with E-state index in [-0.39, 0.29) is 29.4 Å². The molecule has 0 fully saturated rings. The van der Waals surface area contributed by atoms with E-state index in [0.29, 0.717) is 22.1 Å². The molecule has 5 rings (SSSR count). The number of aromatic hydroxyl groups is 1.